The van der Waals surface area contributed by atoms with E-state index in [-0.39, 0.29) is 12.4 Å². The lowest BCUT2D eigenvalue weighted by Crippen LogP contribution is -2.36. The Morgan fingerprint density at radius 3 is 2.72 bits per heavy atom. The van der Waals surface area contributed by atoms with Crippen LogP contribution in [-0.2, 0) is 6.54 Å². The van der Waals surface area contributed by atoms with Gasteiger partial charge in [0.05, 0.1) is 18.7 Å². The number of unbranched alkanes of at least 4 members (excludes halogenated alkanes) is 1. The van der Waals surface area contributed by atoms with Crippen molar-refractivity contribution in [2.45, 2.75) is 26.3 Å². The highest BCUT2D eigenvalue weighted by Crippen LogP contribution is 2.21. The van der Waals surface area contributed by atoms with E-state index < -0.39 is 11.1 Å². The molecule has 2 heterocycles. The van der Waals surface area contributed by atoms with Gasteiger partial charge in [-0.3, -0.25) is 14.2 Å². The molecule has 3 rings (SSSR count). The fraction of sp³-hybridized carbons (Fsp3) is 0.278. The number of aromatic amines is 1. The van der Waals surface area contributed by atoms with Gasteiger partial charge >= 0.3 is 11.1 Å². The first-order valence-corrected chi connectivity index (χ1v) is 8.20. The first-order chi connectivity index (χ1) is 12.1. The van der Waals surface area contributed by atoms with Crippen molar-refractivity contribution in [1.82, 2.24) is 14.5 Å². The normalized spacial score (nSPS) is 10.9. The van der Waals surface area contributed by atoms with Gasteiger partial charge in [0.25, 0.3) is 0 Å². The van der Waals surface area contributed by atoms with Crippen LogP contribution >= 0.6 is 0 Å². The molecule has 0 unspecified atom stereocenters. The van der Waals surface area contributed by atoms with E-state index in [4.69, 9.17) is 10.5 Å². The van der Waals surface area contributed by atoms with Gasteiger partial charge in [-0.05, 0) is 12.0 Å². The van der Waals surface area contributed by atoms with Crippen LogP contribution in [0.25, 0.3) is 11.0 Å². The zero-order chi connectivity index (χ0) is 17.8. The Kier molecular flexibility index (Phi) is 4.83. The number of H-pyrrole nitrogens is 1. The van der Waals surface area contributed by atoms with Crippen LogP contribution in [0.1, 0.15) is 25.3 Å². The Bertz CT molecular complexity index is 993. The monoisotopic (exact) mass is 340 g/mol. The average molecular weight is 340 g/mol. The number of nitrogen functional groups attached to an aromatic ring is 1. The first-order valence-electron chi connectivity index (χ1n) is 8.20. The van der Waals surface area contributed by atoms with Crippen molar-refractivity contribution >= 4 is 16.9 Å². The molecule has 3 N–H and O–H groups in total. The third-order valence-corrected chi connectivity index (χ3v) is 3.90. The van der Waals surface area contributed by atoms with Crippen LogP contribution in [0.15, 0.2) is 46.0 Å². The minimum absolute atomic E-state index is 0.128. The zero-order valence-corrected chi connectivity index (χ0v) is 14.0. The van der Waals surface area contributed by atoms with Gasteiger partial charge in [-0.2, -0.15) is 4.98 Å². The number of nitrogens with one attached hydrogen (secondary N) is 1. The predicted octanol–water partition coefficient (Wildman–Crippen LogP) is 1.89. The van der Waals surface area contributed by atoms with Crippen LogP contribution in [0.5, 0.6) is 5.88 Å². The number of nitrogens with zero attached hydrogens (tertiary/aromatic N) is 2. The molecule has 0 aliphatic heterocycles. The summed E-state index contributed by atoms with van der Waals surface area (Å²) in [5, 5.41) is 0. The molecule has 1 aromatic carbocycles. The van der Waals surface area contributed by atoms with E-state index in [1.165, 1.54) is 4.57 Å². The number of benzene rings is 1. The van der Waals surface area contributed by atoms with E-state index in [0.29, 0.717) is 23.5 Å². The number of pyridine rings is 1. The zero-order valence-electron chi connectivity index (χ0n) is 14.0. The molecular weight excluding hydrogens is 320 g/mol. The topological polar surface area (TPSA) is 103 Å². The van der Waals surface area contributed by atoms with Gasteiger partial charge < -0.3 is 15.5 Å². The highest BCUT2D eigenvalue weighted by atomic mass is 16.5. The second kappa shape index (κ2) is 7.21. The lowest BCUT2D eigenvalue weighted by atomic mass is 10.2. The summed E-state index contributed by atoms with van der Waals surface area (Å²) < 4.78 is 7.01. The third-order valence-electron chi connectivity index (χ3n) is 3.90. The molecule has 130 valence electrons. The van der Waals surface area contributed by atoms with Crippen molar-refractivity contribution in [3.05, 3.63) is 62.7 Å². The number of aromatic nitrogens is 3. The molecule has 0 bridgehead atoms. The van der Waals surface area contributed by atoms with Crippen LogP contribution < -0.4 is 21.6 Å². The van der Waals surface area contributed by atoms with E-state index in [2.05, 4.69) is 16.9 Å². The molecule has 0 spiro atoms. The summed E-state index contributed by atoms with van der Waals surface area (Å²) in [6.07, 6.45) is 1.89. The predicted molar refractivity (Wildman–Crippen MR) is 97.0 cm³/mol. The minimum Gasteiger partial charge on any atom is -0.478 e. The fourth-order valence-corrected chi connectivity index (χ4v) is 2.59. The van der Waals surface area contributed by atoms with E-state index in [0.717, 1.165) is 18.4 Å². The van der Waals surface area contributed by atoms with Crippen molar-refractivity contribution in [1.29, 1.82) is 0 Å². The van der Waals surface area contributed by atoms with Crippen molar-refractivity contribution in [3.8, 4) is 5.88 Å². The van der Waals surface area contributed by atoms with Gasteiger partial charge in [-0.1, -0.05) is 43.7 Å². The summed E-state index contributed by atoms with van der Waals surface area (Å²) in [6, 6.07) is 11.1. The van der Waals surface area contributed by atoms with Crippen LogP contribution in [0.3, 0.4) is 0 Å². The molecule has 25 heavy (non-hydrogen) atoms. The van der Waals surface area contributed by atoms with Gasteiger partial charge in [0.1, 0.15) is 5.52 Å². The Balaban J connectivity index is 2.14. The lowest BCUT2D eigenvalue weighted by molar-refractivity contribution is 0.298. The number of rotatable bonds is 6. The van der Waals surface area contributed by atoms with E-state index in [1.807, 2.05) is 30.3 Å². The van der Waals surface area contributed by atoms with Gasteiger partial charge in [-0.15, -0.1) is 0 Å². The maximum absolute atomic E-state index is 12.4. The van der Waals surface area contributed by atoms with Gasteiger partial charge in [-0.25, -0.2) is 0 Å². The van der Waals surface area contributed by atoms with Gasteiger partial charge in [0.15, 0.2) is 5.82 Å². The fourth-order valence-electron chi connectivity index (χ4n) is 2.59. The Morgan fingerprint density at radius 2 is 2.00 bits per heavy atom. The third kappa shape index (κ3) is 3.55. The molecule has 2 aromatic heterocycles. The molecule has 3 aromatic rings. The second-order valence-electron chi connectivity index (χ2n) is 5.77. The average Bonchev–Trinajstić information content (AvgIpc) is 2.61. The molecule has 0 atom stereocenters. The summed E-state index contributed by atoms with van der Waals surface area (Å²) in [6.45, 7) is 2.84. The maximum Gasteiger partial charge on any atom is 0.317 e. The van der Waals surface area contributed by atoms with Crippen molar-refractivity contribution < 1.29 is 4.74 Å². The number of anilines is 1. The standard InChI is InChI=1S/C18H20N4O3/c1-2-3-9-25-14-10-13-15(16(19)20-14)21-17(23)18(24)22(13)11-12-7-5-4-6-8-12/h4-8,10H,2-3,9,11H2,1H3,(H2,19,20)(H,21,23). The number of nitrogens with two attached hydrogens (primary N) is 1. The Morgan fingerprint density at radius 1 is 1.24 bits per heavy atom. The van der Waals surface area contributed by atoms with Crippen molar-refractivity contribution in [2.75, 3.05) is 12.3 Å². The van der Waals surface area contributed by atoms with E-state index >= 15 is 0 Å². The highest BCUT2D eigenvalue weighted by molar-refractivity contribution is 5.85. The molecule has 0 fully saturated rings. The second-order valence-corrected chi connectivity index (χ2v) is 5.77. The number of fused-ring (bicyclic) bond motifs is 1. The summed E-state index contributed by atoms with van der Waals surface area (Å²) in [5.41, 5.74) is 6.34. The molecular formula is C18H20N4O3. The first kappa shape index (κ1) is 16.8. The van der Waals surface area contributed by atoms with Crippen LogP contribution in [0.4, 0.5) is 5.82 Å². The molecule has 7 nitrogen and oxygen atoms in total. The number of ether oxygens (including phenoxy) is 1. The Labute approximate surface area is 144 Å². The van der Waals surface area contributed by atoms with Gasteiger partial charge in [0.2, 0.25) is 5.88 Å². The number of hydrogen-bond acceptors (Lipinski definition) is 5. The van der Waals surface area contributed by atoms with E-state index in [9.17, 15) is 9.59 Å². The SMILES string of the molecule is CCCCOc1cc2c([nH]c(=O)c(=O)n2Cc2ccccc2)c(N)n1. The summed E-state index contributed by atoms with van der Waals surface area (Å²) >= 11 is 0. The molecule has 0 saturated carbocycles. The van der Waals surface area contributed by atoms with Crippen LogP contribution in [-0.4, -0.2) is 21.1 Å². The number of hydrogen-bond donors (Lipinski definition) is 2. The molecule has 0 aliphatic rings. The highest BCUT2D eigenvalue weighted by Gasteiger charge is 2.13. The Hall–Kier alpha value is -3.09. The van der Waals surface area contributed by atoms with Gasteiger partial charge in [0, 0.05) is 6.07 Å². The van der Waals surface area contributed by atoms with Crippen LogP contribution in [0.2, 0.25) is 0 Å². The molecule has 0 amide bonds. The molecule has 7 heteroatoms. The van der Waals surface area contributed by atoms with Crippen LogP contribution in [0, 0.1) is 0 Å². The van der Waals surface area contributed by atoms with Crippen molar-refractivity contribution in [3.63, 3.8) is 0 Å². The molecule has 0 saturated heterocycles. The molecule has 0 radical (unpaired) electrons. The lowest BCUT2D eigenvalue weighted by Gasteiger charge is -2.13. The maximum atomic E-state index is 12.4. The molecule has 0 aliphatic carbocycles. The van der Waals surface area contributed by atoms with Crippen molar-refractivity contribution in [2.24, 2.45) is 0 Å². The smallest absolute Gasteiger partial charge is 0.317 e. The summed E-state index contributed by atoms with van der Waals surface area (Å²) in [5.74, 6) is 0.467. The van der Waals surface area contributed by atoms with E-state index in [1.54, 1.807) is 6.07 Å². The largest absolute Gasteiger partial charge is 0.478 e. The summed E-state index contributed by atoms with van der Waals surface area (Å²) in [7, 11) is 0. The summed E-state index contributed by atoms with van der Waals surface area (Å²) in [4.78, 5) is 31.1. The quantitative estimate of drug-likeness (QED) is 0.527. The minimum atomic E-state index is -0.725.